The molecule has 1 aromatic rings. The molecule has 1 aromatic carbocycles. The van der Waals surface area contributed by atoms with E-state index in [2.05, 4.69) is 5.32 Å². The van der Waals surface area contributed by atoms with Gasteiger partial charge in [0.05, 0.1) is 0 Å². The maximum Gasteiger partial charge on any atom is 0.223 e. The Bertz CT molecular complexity index is 362. The van der Waals surface area contributed by atoms with Crippen LogP contribution in [0.5, 0.6) is 0 Å². The highest BCUT2D eigenvalue weighted by Gasteiger charge is 2.09. The summed E-state index contributed by atoms with van der Waals surface area (Å²) in [5, 5.41) is 2.90. The summed E-state index contributed by atoms with van der Waals surface area (Å²) in [6.45, 7) is 2.54. The van der Waals surface area contributed by atoms with Crippen LogP contribution in [0.2, 0.25) is 0 Å². The van der Waals surface area contributed by atoms with Gasteiger partial charge < -0.3 is 5.32 Å². The predicted molar refractivity (Wildman–Crippen MR) is 76.0 cm³/mol. The van der Waals surface area contributed by atoms with Crippen molar-refractivity contribution in [3.8, 4) is 0 Å². The Hall–Kier alpha value is -1.22. The third-order valence-corrected chi connectivity index (χ3v) is 3.20. The van der Waals surface area contributed by atoms with Crippen molar-refractivity contribution in [3.63, 3.8) is 0 Å². The number of rotatable bonds is 6. The molecule has 0 radical (unpaired) electrons. The number of amides is 1. The number of hydrogen-bond donors (Lipinski definition) is 1. The molecule has 0 saturated carbocycles. The van der Waals surface area contributed by atoms with Gasteiger partial charge in [0, 0.05) is 18.2 Å². The van der Waals surface area contributed by atoms with E-state index in [-0.39, 0.29) is 11.8 Å². The van der Waals surface area contributed by atoms with Crippen molar-refractivity contribution in [1.82, 2.24) is 5.32 Å². The van der Waals surface area contributed by atoms with Crippen LogP contribution in [0.3, 0.4) is 0 Å². The van der Waals surface area contributed by atoms with Crippen molar-refractivity contribution < 1.29 is 4.79 Å². The molecule has 1 rings (SSSR count). The van der Waals surface area contributed by atoms with Gasteiger partial charge in [-0.25, -0.2) is 0 Å². The van der Waals surface area contributed by atoms with Crippen molar-refractivity contribution in [3.05, 3.63) is 42.0 Å². The minimum absolute atomic E-state index is 0.0788. The molecule has 0 aliphatic carbocycles. The quantitative estimate of drug-likeness (QED) is 0.840. The van der Waals surface area contributed by atoms with Gasteiger partial charge in [0.25, 0.3) is 0 Å². The summed E-state index contributed by atoms with van der Waals surface area (Å²) in [5.41, 5.74) is 1.15. The van der Waals surface area contributed by atoms with Gasteiger partial charge in [0.1, 0.15) is 0 Å². The van der Waals surface area contributed by atoms with Gasteiger partial charge in [-0.15, -0.1) is 0 Å². The predicted octanol–water partition coefficient (Wildman–Crippen LogP) is 2.82. The summed E-state index contributed by atoms with van der Waals surface area (Å²) in [6, 6.07) is 10.1. The molecule has 0 unspecified atom stereocenters. The first kappa shape index (κ1) is 13.8. The third-order valence-electron chi connectivity index (χ3n) is 2.37. The molecule has 0 bridgehead atoms. The second-order valence-electron chi connectivity index (χ2n) is 3.91. The maximum atomic E-state index is 11.6. The van der Waals surface area contributed by atoms with Crippen LogP contribution in [0, 0.1) is 5.92 Å². The lowest BCUT2D eigenvalue weighted by Gasteiger charge is -2.08. The highest BCUT2D eigenvalue weighted by atomic mass is 32.2. The summed E-state index contributed by atoms with van der Waals surface area (Å²) in [7, 11) is 0. The molecule has 0 saturated heterocycles. The van der Waals surface area contributed by atoms with E-state index in [1.807, 2.05) is 55.7 Å². The summed E-state index contributed by atoms with van der Waals surface area (Å²) >= 11 is 1.70. The second-order valence-corrected chi connectivity index (χ2v) is 4.83. The Morgan fingerprint density at radius 2 is 2.12 bits per heavy atom. The molecule has 0 aliphatic heterocycles. The second kappa shape index (κ2) is 7.96. The van der Waals surface area contributed by atoms with Crippen molar-refractivity contribution in [1.29, 1.82) is 0 Å². The van der Waals surface area contributed by atoms with E-state index in [9.17, 15) is 4.79 Å². The van der Waals surface area contributed by atoms with E-state index < -0.39 is 0 Å². The zero-order chi connectivity index (χ0) is 12.5. The van der Waals surface area contributed by atoms with Crippen LogP contribution in [-0.2, 0) is 4.79 Å². The molecule has 0 fully saturated rings. The van der Waals surface area contributed by atoms with Gasteiger partial charge in [-0.1, -0.05) is 49.4 Å². The first-order valence-electron chi connectivity index (χ1n) is 5.72. The average Bonchev–Trinajstić information content (AvgIpc) is 2.36. The highest BCUT2D eigenvalue weighted by molar-refractivity contribution is 7.98. The van der Waals surface area contributed by atoms with Crippen LogP contribution in [0.15, 0.2) is 36.4 Å². The maximum absolute atomic E-state index is 11.6. The fourth-order valence-electron chi connectivity index (χ4n) is 1.42. The van der Waals surface area contributed by atoms with Gasteiger partial charge in [0.2, 0.25) is 5.91 Å². The van der Waals surface area contributed by atoms with Crippen LogP contribution in [0.1, 0.15) is 12.5 Å². The van der Waals surface area contributed by atoms with Gasteiger partial charge >= 0.3 is 0 Å². The van der Waals surface area contributed by atoms with E-state index in [1.54, 1.807) is 11.8 Å². The Kier molecular flexibility index (Phi) is 6.48. The fourth-order valence-corrected chi connectivity index (χ4v) is 2.07. The molecule has 1 amide bonds. The van der Waals surface area contributed by atoms with E-state index in [4.69, 9.17) is 0 Å². The molecule has 17 heavy (non-hydrogen) atoms. The summed E-state index contributed by atoms with van der Waals surface area (Å²) in [5.74, 6) is 1.07. The normalized spacial score (nSPS) is 12.6. The third kappa shape index (κ3) is 5.59. The van der Waals surface area contributed by atoms with Crippen molar-refractivity contribution >= 4 is 23.7 Å². The number of carbonyl (C=O) groups excluding carboxylic acids is 1. The molecular weight excluding hydrogens is 230 g/mol. The number of nitrogens with one attached hydrogen (secondary N) is 1. The Morgan fingerprint density at radius 3 is 2.76 bits per heavy atom. The topological polar surface area (TPSA) is 29.1 Å². The first-order valence-corrected chi connectivity index (χ1v) is 7.11. The molecule has 2 nitrogen and oxygen atoms in total. The van der Waals surface area contributed by atoms with Gasteiger partial charge in [-0.3, -0.25) is 4.79 Å². The smallest absolute Gasteiger partial charge is 0.223 e. The fraction of sp³-hybridized carbons (Fsp3) is 0.357. The molecule has 1 atom stereocenters. The van der Waals surface area contributed by atoms with Gasteiger partial charge in [-0.05, 0) is 11.8 Å². The monoisotopic (exact) mass is 249 g/mol. The van der Waals surface area contributed by atoms with Gasteiger partial charge in [0.15, 0.2) is 0 Å². The number of benzene rings is 1. The van der Waals surface area contributed by atoms with Crippen LogP contribution in [-0.4, -0.2) is 24.5 Å². The lowest BCUT2D eigenvalue weighted by molar-refractivity contribution is -0.123. The number of carbonyl (C=O) groups is 1. The number of thioether (sulfide) groups is 1. The largest absolute Gasteiger partial charge is 0.352 e. The minimum atomic E-state index is 0.0788. The van der Waals surface area contributed by atoms with Crippen LogP contribution >= 0.6 is 11.8 Å². The van der Waals surface area contributed by atoms with E-state index in [0.717, 1.165) is 11.3 Å². The Morgan fingerprint density at radius 1 is 1.41 bits per heavy atom. The lowest BCUT2D eigenvalue weighted by atomic mass is 10.2. The lowest BCUT2D eigenvalue weighted by Crippen LogP contribution is -2.30. The van der Waals surface area contributed by atoms with Gasteiger partial charge in [-0.2, -0.15) is 11.8 Å². The Labute approximate surface area is 107 Å². The first-order chi connectivity index (χ1) is 8.24. The zero-order valence-electron chi connectivity index (χ0n) is 10.3. The standard InChI is InChI=1S/C14H19NOS/c1-12(11-17-2)14(16)15-10-6-9-13-7-4-3-5-8-13/h3-9,12H,10-11H2,1-2H3,(H,15,16)/b9-6+/t12-/m0/s1. The Balaban J connectivity index is 2.28. The molecule has 92 valence electrons. The number of hydrogen-bond acceptors (Lipinski definition) is 2. The highest BCUT2D eigenvalue weighted by Crippen LogP contribution is 2.04. The van der Waals surface area contributed by atoms with E-state index >= 15 is 0 Å². The molecule has 3 heteroatoms. The van der Waals surface area contributed by atoms with Crippen LogP contribution < -0.4 is 5.32 Å². The molecule has 1 N–H and O–H groups in total. The molecular formula is C14H19NOS. The molecule has 0 aliphatic rings. The molecule has 0 aromatic heterocycles. The minimum Gasteiger partial charge on any atom is -0.352 e. The van der Waals surface area contributed by atoms with Crippen molar-refractivity contribution in [2.75, 3.05) is 18.6 Å². The summed E-state index contributed by atoms with van der Waals surface area (Å²) < 4.78 is 0. The van der Waals surface area contributed by atoms with Crippen LogP contribution in [0.25, 0.3) is 6.08 Å². The van der Waals surface area contributed by atoms with E-state index in [1.165, 1.54) is 0 Å². The summed E-state index contributed by atoms with van der Waals surface area (Å²) in [4.78, 5) is 11.6. The molecule has 0 heterocycles. The molecule has 0 spiro atoms. The summed E-state index contributed by atoms with van der Waals surface area (Å²) in [6.07, 6.45) is 6.00. The van der Waals surface area contributed by atoms with Crippen LogP contribution in [0.4, 0.5) is 0 Å². The SMILES string of the molecule is CSC[C@H](C)C(=O)NC/C=C/c1ccccc1. The van der Waals surface area contributed by atoms with E-state index in [0.29, 0.717) is 6.54 Å². The van der Waals surface area contributed by atoms with Crippen molar-refractivity contribution in [2.45, 2.75) is 6.92 Å². The average molecular weight is 249 g/mol. The van der Waals surface area contributed by atoms with Crippen molar-refractivity contribution in [2.24, 2.45) is 5.92 Å². The zero-order valence-corrected chi connectivity index (χ0v) is 11.2.